The number of piperidine rings is 1. The Morgan fingerprint density at radius 3 is 2.64 bits per heavy atom. The Morgan fingerprint density at radius 2 is 1.88 bits per heavy atom. The van der Waals surface area contributed by atoms with E-state index in [9.17, 15) is 5.11 Å². The minimum absolute atomic E-state index is 0.279. The third-order valence-corrected chi connectivity index (χ3v) is 6.20. The Kier molecular flexibility index (Phi) is 5.81. The van der Waals surface area contributed by atoms with Crippen LogP contribution >= 0.6 is 0 Å². The molecule has 1 aromatic carbocycles. The van der Waals surface area contributed by atoms with Crippen LogP contribution in [0.3, 0.4) is 0 Å². The zero-order valence-electron chi connectivity index (χ0n) is 19.3. The second-order valence-corrected chi connectivity index (χ2v) is 8.79. The van der Waals surface area contributed by atoms with Crippen molar-refractivity contribution in [3.8, 4) is 17.6 Å². The van der Waals surface area contributed by atoms with Crippen LogP contribution in [0.4, 0.5) is 5.82 Å². The second kappa shape index (κ2) is 8.77. The summed E-state index contributed by atoms with van der Waals surface area (Å²) in [5.74, 6) is 0.797. The van der Waals surface area contributed by atoms with E-state index in [0.29, 0.717) is 37.7 Å². The predicted octanol–water partition coefficient (Wildman–Crippen LogP) is 1.76. The van der Waals surface area contributed by atoms with E-state index in [0.717, 1.165) is 48.3 Å². The van der Waals surface area contributed by atoms with Gasteiger partial charge in [-0.25, -0.2) is 4.68 Å². The van der Waals surface area contributed by atoms with Gasteiger partial charge in [-0.15, -0.1) is 0 Å². The Bertz CT molecular complexity index is 1150. The first kappa shape index (κ1) is 21.9. The van der Waals surface area contributed by atoms with Crippen molar-refractivity contribution in [2.75, 3.05) is 58.5 Å². The van der Waals surface area contributed by atoms with E-state index in [4.69, 9.17) is 14.2 Å². The van der Waals surface area contributed by atoms with Gasteiger partial charge in [-0.1, -0.05) is 0 Å². The van der Waals surface area contributed by atoms with Crippen LogP contribution in [0, 0.1) is 6.92 Å². The summed E-state index contributed by atoms with van der Waals surface area (Å²) in [6.07, 6.45) is 3.29. The van der Waals surface area contributed by atoms with Gasteiger partial charge in [0.2, 0.25) is 5.79 Å². The number of aromatic nitrogens is 4. The number of hydrogen-bond donors (Lipinski definition) is 1. The number of benzene rings is 1. The summed E-state index contributed by atoms with van der Waals surface area (Å²) >= 11 is 0. The number of aliphatic hydroxyl groups is 1. The molecule has 2 aliphatic rings. The fraction of sp³-hybridized carbons (Fsp3) is 0.522. The number of nitrogens with zero attached hydrogens (tertiary/aromatic N) is 6. The van der Waals surface area contributed by atoms with Crippen LogP contribution in [-0.2, 0) is 4.74 Å². The van der Waals surface area contributed by atoms with Gasteiger partial charge in [0.1, 0.15) is 11.6 Å². The molecule has 33 heavy (non-hydrogen) atoms. The van der Waals surface area contributed by atoms with Crippen molar-refractivity contribution in [1.82, 2.24) is 24.6 Å². The molecule has 4 heterocycles. The molecule has 5 rings (SSSR count). The first-order valence-corrected chi connectivity index (χ1v) is 11.3. The monoisotopic (exact) mass is 454 g/mol. The number of β-amino-alcohol motifs (C(OH)–C–C–N with tert-alkyl or cyclic N) is 1. The van der Waals surface area contributed by atoms with Crippen molar-refractivity contribution in [2.24, 2.45) is 0 Å². The number of anilines is 1. The lowest BCUT2D eigenvalue weighted by atomic mass is 10.0. The molecule has 1 atom stereocenters. The molecule has 2 saturated heterocycles. The number of rotatable bonds is 5. The first-order valence-electron chi connectivity index (χ1n) is 11.3. The highest BCUT2D eigenvalue weighted by Crippen LogP contribution is 2.32. The van der Waals surface area contributed by atoms with Crippen molar-refractivity contribution >= 4 is 16.7 Å². The number of aryl methyl sites for hydroxylation is 1. The maximum Gasteiger partial charge on any atom is 0.320 e. The van der Waals surface area contributed by atoms with Gasteiger partial charge in [-0.05, 0) is 38.6 Å². The summed E-state index contributed by atoms with van der Waals surface area (Å²) in [6, 6.07) is 6.13. The van der Waals surface area contributed by atoms with Crippen LogP contribution in [0.15, 0.2) is 24.4 Å². The third-order valence-electron chi connectivity index (χ3n) is 6.20. The molecule has 2 fully saturated rings. The average molecular weight is 455 g/mol. The molecule has 0 bridgehead atoms. The summed E-state index contributed by atoms with van der Waals surface area (Å²) in [5.41, 5.74) is 1.77. The first-order chi connectivity index (χ1) is 15.9. The zero-order valence-corrected chi connectivity index (χ0v) is 19.3. The molecular weight excluding hydrogens is 424 g/mol. The lowest BCUT2D eigenvalue weighted by Crippen LogP contribution is -2.50. The standard InChI is InChI=1S/C23H30N6O4/c1-16-11-17-14-24-29(18(17)12-19(16)33-23(30)5-4-6-27(2)15-23)21-13-20(25-22(26-21)31-3)28-7-9-32-10-8-28/h11-14,30H,4-10,15H2,1-3H3/t23-/m1/s1. The second-order valence-electron chi connectivity index (χ2n) is 8.79. The fourth-order valence-corrected chi connectivity index (χ4v) is 4.51. The normalized spacial score (nSPS) is 22.0. The molecule has 2 aromatic heterocycles. The molecule has 0 radical (unpaired) electrons. The van der Waals surface area contributed by atoms with Gasteiger partial charge in [-0.3, -0.25) is 0 Å². The predicted molar refractivity (Wildman–Crippen MR) is 123 cm³/mol. The smallest absolute Gasteiger partial charge is 0.320 e. The van der Waals surface area contributed by atoms with Gasteiger partial charge in [-0.2, -0.15) is 15.1 Å². The van der Waals surface area contributed by atoms with Crippen molar-refractivity contribution < 1.29 is 19.3 Å². The van der Waals surface area contributed by atoms with Crippen LogP contribution in [-0.4, -0.2) is 89.1 Å². The molecule has 0 aliphatic carbocycles. The van der Waals surface area contributed by atoms with Crippen LogP contribution in [0.5, 0.6) is 11.8 Å². The number of methoxy groups -OCH3 is 1. The van der Waals surface area contributed by atoms with E-state index < -0.39 is 5.79 Å². The van der Waals surface area contributed by atoms with Gasteiger partial charge < -0.3 is 29.1 Å². The highest BCUT2D eigenvalue weighted by molar-refractivity contribution is 5.83. The minimum Gasteiger partial charge on any atom is -0.467 e. The fourth-order valence-electron chi connectivity index (χ4n) is 4.51. The lowest BCUT2D eigenvalue weighted by Gasteiger charge is -2.37. The highest BCUT2D eigenvalue weighted by Gasteiger charge is 2.34. The molecule has 0 unspecified atom stereocenters. The number of morpholine rings is 1. The maximum absolute atomic E-state index is 11.0. The molecule has 0 saturated carbocycles. The van der Waals surface area contributed by atoms with E-state index in [1.54, 1.807) is 18.0 Å². The van der Waals surface area contributed by atoms with E-state index >= 15 is 0 Å². The highest BCUT2D eigenvalue weighted by atomic mass is 16.6. The van der Waals surface area contributed by atoms with Gasteiger partial charge in [0.15, 0.2) is 5.82 Å². The van der Waals surface area contributed by atoms with Gasteiger partial charge in [0.25, 0.3) is 0 Å². The van der Waals surface area contributed by atoms with Crippen LogP contribution in [0.2, 0.25) is 0 Å². The summed E-state index contributed by atoms with van der Waals surface area (Å²) in [4.78, 5) is 13.3. The number of hydrogen-bond acceptors (Lipinski definition) is 9. The molecule has 10 nitrogen and oxygen atoms in total. The van der Waals surface area contributed by atoms with Gasteiger partial charge in [0.05, 0.1) is 38.6 Å². The lowest BCUT2D eigenvalue weighted by molar-refractivity contribution is -0.169. The number of likely N-dealkylation sites (N-methyl/N-ethyl adjacent to an activating group) is 1. The van der Waals surface area contributed by atoms with Crippen molar-refractivity contribution in [1.29, 1.82) is 0 Å². The SMILES string of the molecule is COc1nc(N2CCOCC2)cc(-n2ncc3cc(C)c(O[C@]4(O)CCCN(C)C4)cc32)n1. The molecule has 0 amide bonds. The van der Waals surface area contributed by atoms with Crippen molar-refractivity contribution in [3.05, 3.63) is 30.0 Å². The summed E-state index contributed by atoms with van der Waals surface area (Å²) in [5, 5.41) is 16.6. The maximum atomic E-state index is 11.0. The van der Waals surface area contributed by atoms with Crippen molar-refractivity contribution in [3.63, 3.8) is 0 Å². The summed E-state index contributed by atoms with van der Waals surface area (Å²) < 4.78 is 18.8. The summed E-state index contributed by atoms with van der Waals surface area (Å²) in [6.45, 7) is 6.22. The van der Waals surface area contributed by atoms with Crippen molar-refractivity contribution in [2.45, 2.75) is 25.6 Å². The van der Waals surface area contributed by atoms with Gasteiger partial charge >= 0.3 is 6.01 Å². The van der Waals surface area contributed by atoms with E-state index in [-0.39, 0.29) is 6.01 Å². The molecule has 10 heteroatoms. The number of fused-ring (bicyclic) bond motifs is 1. The number of likely N-dealkylation sites (tertiary alicyclic amines) is 1. The van der Waals surface area contributed by atoms with Crippen LogP contribution < -0.4 is 14.4 Å². The van der Waals surface area contributed by atoms with E-state index in [1.165, 1.54) is 0 Å². The molecule has 2 aliphatic heterocycles. The molecular formula is C23H30N6O4. The third kappa shape index (κ3) is 4.46. The van der Waals surface area contributed by atoms with E-state index in [2.05, 4.69) is 24.9 Å². The van der Waals surface area contributed by atoms with Crippen LogP contribution in [0.1, 0.15) is 18.4 Å². The van der Waals surface area contributed by atoms with E-state index in [1.807, 2.05) is 32.2 Å². The molecule has 0 spiro atoms. The zero-order chi connectivity index (χ0) is 23.0. The molecule has 176 valence electrons. The Balaban J connectivity index is 1.53. The Hall–Kier alpha value is -2.95. The number of ether oxygens (including phenoxy) is 3. The minimum atomic E-state index is -1.21. The topological polar surface area (TPSA) is 98.0 Å². The molecule has 1 N–H and O–H groups in total. The summed E-state index contributed by atoms with van der Waals surface area (Å²) in [7, 11) is 3.55. The Morgan fingerprint density at radius 1 is 1.09 bits per heavy atom. The largest absolute Gasteiger partial charge is 0.467 e. The average Bonchev–Trinajstić information content (AvgIpc) is 3.21. The quantitative estimate of drug-likeness (QED) is 0.578. The van der Waals surface area contributed by atoms with Crippen LogP contribution in [0.25, 0.3) is 16.7 Å². The Labute approximate surface area is 192 Å². The molecule has 3 aromatic rings. The van der Waals surface area contributed by atoms with Gasteiger partial charge in [0, 0.05) is 37.0 Å².